The third kappa shape index (κ3) is 4.78. The lowest BCUT2D eigenvalue weighted by Crippen LogP contribution is -2.31. The summed E-state index contributed by atoms with van der Waals surface area (Å²) in [7, 11) is 0. The Morgan fingerprint density at radius 1 is 0.889 bits per heavy atom. The molecule has 0 heterocycles. The van der Waals surface area contributed by atoms with E-state index in [2.05, 4.69) is 60.6 Å². The molecule has 0 heteroatoms. The zero-order valence-corrected chi connectivity index (χ0v) is 13.9. The van der Waals surface area contributed by atoms with Crippen LogP contribution in [0.25, 0.3) is 0 Å². The molecule has 0 saturated heterocycles. The molecule has 0 aliphatic carbocycles. The lowest BCUT2D eigenvalue weighted by Gasteiger charge is -2.40. The third-order valence-electron chi connectivity index (χ3n) is 4.88. The van der Waals surface area contributed by atoms with Crippen LogP contribution in [0, 0.1) is 23.2 Å². The number of hydrogen-bond donors (Lipinski definition) is 0. The summed E-state index contributed by atoms with van der Waals surface area (Å²) in [6.45, 7) is 16.5. The first-order chi connectivity index (χ1) is 8.47. The quantitative estimate of drug-likeness (QED) is 0.413. The summed E-state index contributed by atoms with van der Waals surface area (Å²) >= 11 is 0. The van der Waals surface area contributed by atoms with E-state index in [0.717, 1.165) is 17.8 Å². The summed E-state index contributed by atoms with van der Waals surface area (Å²) in [5, 5.41) is 0. The molecule has 0 aliphatic heterocycles. The van der Waals surface area contributed by atoms with Gasteiger partial charge in [-0.1, -0.05) is 73.5 Å². The second-order valence-electron chi connectivity index (χ2n) is 6.37. The first kappa shape index (κ1) is 17.7. The molecule has 0 amide bonds. The minimum absolute atomic E-state index is 0.430. The molecule has 2 atom stereocenters. The Balaban J connectivity index is 5.02. The largest absolute Gasteiger partial charge is 0.0877 e. The second-order valence-corrected chi connectivity index (χ2v) is 6.37. The lowest BCUT2D eigenvalue weighted by molar-refractivity contribution is 0.138. The van der Waals surface area contributed by atoms with Gasteiger partial charge in [-0.05, 0) is 42.4 Å². The Bertz CT molecular complexity index is 220. The SMILES string of the molecule is CCC(C)C(CC)C(C=CCC(C)C)(CC)CC. The summed E-state index contributed by atoms with van der Waals surface area (Å²) < 4.78 is 0. The van der Waals surface area contributed by atoms with Crippen LogP contribution < -0.4 is 0 Å². The van der Waals surface area contributed by atoms with E-state index >= 15 is 0 Å². The van der Waals surface area contributed by atoms with Crippen LogP contribution in [0.5, 0.6) is 0 Å². The summed E-state index contributed by atoms with van der Waals surface area (Å²) in [6.07, 6.45) is 11.4. The van der Waals surface area contributed by atoms with Crippen molar-refractivity contribution < 1.29 is 0 Å². The van der Waals surface area contributed by atoms with Gasteiger partial charge in [0.05, 0.1) is 0 Å². The predicted octanol–water partition coefficient (Wildman–Crippen LogP) is 6.47. The van der Waals surface area contributed by atoms with E-state index in [0.29, 0.717) is 5.41 Å². The summed E-state index contributed by atoms with van der Waals surface area (Å²) in [5.74, 6) is 2.44. The van der Waals surface area contributed by atoms with Crippen molar-refractivity contribution in [3.8, 4) is 0 Å². The molecule has 0 aromatic heterocycles. The number of hydrogen-bond acceptors (Lipinski definition) is 0. The van der Waals surface area contributed by atoms with E-state index in [4.69, 9.17) is 0 Å². The van der Waals surface area contributed by atoms with Crippen LogP contribution in [0.2, 0.25) is 0 Å². The van der Waals surface area contributed by atoms with Gasteiger partial charge in [-0.3, -0.25) is 0 Å². The van der Waals surface area contributed by atoms with Crippen molar-refractivity contribution in [3.63, 3.8) is 0 Å². The normalized spacial score (nSPS) is 16.4. The average Bonchev–Trinajstić information content (AvgIpc) is 2.36. The Kier molecular flexibility index (Phi) is 8.65. The smallest absolute Gasteiger partial charge is 0.00928 e. The molecule has 0 spiro atoms. The number of rotatable bonds is 9. The Morgan fingerprint density at radius 3 is 1.78 bits per heavy atom. The standard InChI is InChI=1S/C18H36/c1-8-16(7)17(9-2)18(10-3,11-4)14-12-13-15(5)6/h12,14-17H,8-11,13H2,1-7H3. The maximum absolute atomic E-state index is 2.56. The van der Waals surface area contributed by atoms with Crippen molar-refractivity contribution in [1.29, 1.82) is 0 Å². The zero-order valence-electron chi connectivity index (χ0n) is 13.9. The molecule has 0 radical (unpaired) electrons. The fourth-order valence-corrected chi connectivity index (χ4v) is 3.37. The third-order valence-corrected chi connectivity index (χ3v) is 4.88. The highest BCUT2D eigenvalue weighted by Crippen LogP contribution is 2.44. The molecule has 0 aliphatic rings. The Morgan fingerprint density at radius 2 is 1.44 bits per heavy atom. The molecular weight excluding hydrogens is 216 g/mol. The molecule has 18 heavy (non-hydrogen) atoms. The highest BCUT2D eigenvalue weighted by molar-refractivity contribution is 5.03. The fraction of sp³-hybridized carbons (Fsp3) is 0.889. The van der Waals surface area contributed by atoms with Gasteiger partial charge in [0.15, 0.2) is 0 Å². The van der Waals surface area contributed by atoms with Gasteiger partial charge < -0.3 is 0 Å². The zero-order chi connectivity index (χ0) is 14.2. The summed E-state index contributed by atoms with van der Waals surface area (Å²) in [6, 6.07) is 0. The molecule has 108 valence electrons. The van der Waals surface area contributed by atoms with Crippen LogP contribution >= 0.6 is 0 Å². The van der Waals surface area contributed by atoms with Gasteiger partial charge in [-0.25, -0.2) is 0 Å². The van der Waals surface area contributed by atoms with Crippen LogP contribution in [0.3, 0.4) is 0 Å². The molecule has 0 nitrogen and oxygen atoms in total. The van der Waals surface area contributed by atoms with Crippen LogP contribution in [0.1, 0.15) is 80.6 Å². The van der Waals surface area contributed by atoms with Crippen LogP contribution in [-0.2, 0) is 0 Å². The number of allylic oxidation sites excluding steroid dienone is 2. The maximum atomic E-state index is 2.56. The molecule has 0 rings (SSSR count). The predicted molar refractivity (Wildman–Crippen MR) is 84.8 cm³/mol. The maximum Gasteiger partial charge on any atom is -0.00928 e. The van der Waals surface area contributed by atoms with Crippen molar-refractivity contribution in [2.75, 3.05) is 0 Å². The van der Waals surface area contributed by atoms with Gasteiger partial charge in [0.1, 0.15) is 0 Å². The van der Waals surface area contributed by atoms with Gasteiger partial charge in [0.25, 0.3) is 0 Å². The molecule has 0 fully saturated rings. The van der Waals surface area contributed by atoms with E-state index in [1.54, 1.807) is 0 Å². The highest BCUT2D eigenvalue weighted by atomic mass is 14.4. The molecule has 0 bridgehead atoms. The second kappa shape index (κ2) is 8.77. The lowest BCUT2D eigenvalue weighted by atomic mass is 9.64. The summed E-state index contributed by atoms with van der Waals surface area (Å²) in [5.41, 5.74) is 0.430. The molecular formula is C18H36. The minimum atomic E-state index is 0.430. The van der Waals surface area contributed by atoms with Crippen LogP contribution in [-0.4, -0.2) is 0 Å². The van der Waals surface area contributed by atoms with Crippen molar-refractivity contribution in [2.45, 2.75) is 80.6 Å². The van der Waals surface area contributed by atoms with Crippen molar-refractivity contribution in [2.24, 2.45) is 23.2 Å². The van der Waals surface area contributed by atoms with Crippen molar-refractivity contribution >= 4 is 0 Å². The van der Waals surface area contributed by atoms with E-state index in [1.165, 1.54) is 32.1 Å². The van der Waals surface area contributed by atoms with Crippen LogP contribution in [0.15, 0.2) is 12.2 Å². The minimum Gasteiger partial charge on any atom is -0.0877 e. The topological polar surface area (TPSA) is 0 Å². The van der Waals surface area contributed by atoms with Crippen LogP contribution in [0.4, 0.5) is 0 Å². The first-order valence-electron chi connectivity index (χ1n) is 8.14. The average molecular weight is 252 g/mol. The van der Waals surface area contributed by atoms with Crippen molar-refractivity contribution in [1.82, 2.24) is 0 Å². The van der Waals surface area contributed by atoms with Crippen molar-refractivity contribution in [3.05, 3.63) is 12.2 Å². The van der Waals surface area contributed by atoms with Gasteiger partial charge in [-0.2, -0.15) is 0 Å². The fourth-order valence-electron chi connectivity index (χ4n) is 3.37. The van der Waals surface area contributed by atoms with Gasteiger partial charge >= 0.3 is 0 Å². The first-order valence-corrected chi connectivity index (χ1v) is 8.14. The van der Waals surface area contributed by atoms with E-state index < -0.39 is 0 Å². The van der Waals surface area contributed by atoms with Gasteiger partial charge in [0.2, 0.25) is 0 Å². The highest BCUT2D eigenvalue weighted by Gasteiger charge is 2.34. The van der Waals surface area contributed by atoms with E-state index in [-0.39, 0.29) is 0 Å². The Labute approximate surface area is 116 Å². The van der Waals surface area contributed by atoms with Gasteiger partial charge in [-0.15, -0.1) is 0 Å². The molecule has 0 aromatic carbocycles. The van der Waals surface area contributed by atoms with Gasteiger partial charge in [0, 0.05) is 0 Å². The van der Waals surface area contributed by atoms with E-state index in [1.807, 2.05) is 0 Å². The molecule has 0 saturated carbocycles. The summed E-state index contributed by atoms with van der Waals surface area (Å²) in [4.78, 5) is 0. The van der Waals surface area contributed by atoms with E-state index in [9.17, 15) is 0 Å². The monoisotopic (exact) mass is 252 g/mol. The molecule has 2 unspecified atom stereocenters. The Hall–Kier alpha value is -0.260. The molecule has 0 aromatic rings. The molecule has 0 N–H and O–H groups in total.